The van der Waals surface area contributed by atoms with Crippen LogP contribution in [0.5, 0.6) is 17.5 Å². The first-order chi connectivity index (χ1) is 17.1. The molecule has 36 heavy (non-hydrogen) atoms. The lowest BCUT2D eigenvalue weighted by atomic mass is 10.3. The molecule has 0 saturated carbocycles. The molecular weight excluding hydrogens is 483 g/mol. The van der Waals surface area contributed by atoms with Gasteiger partial charge in [-0.2, -0.15) is 13.8 Å². The summed E-state index contributed by atoms with van der Waals surface area (Å²) in [5.74, 6) is -0.704. The van der Waals surface area contributed by atoms with E-state index in [2.05, 4.69) is 14.7 Å². The number of imidazole rings is 1. The monoisotopic (exact) mass is 505 g/mol. The zero-order chi connectivity index (χ0) is 26.0. The molecule has 0 unspecified atom stereocenters. The third-order valence-corrected chi connectivity index (χ3v) is 5.15. The maximum absolute atomic E-state index is 13.8. The topological polar surface area (TPSA) is 113 Å². The average molecular weight is 505 g/mol. The molecule has 4 rings (SSSR count). The van der Waals surface area contributed by atoms with E-state index >= 15 is 0 Å². The Labute approximate surface area is 201 Å². The first kappa shape index (κ1) is 25.0. The van der Waals surface area contributed by atoms with Gasteiger partial charge in [-0.1, -0.05) is 6.07 Å². The van der Waals surface area contributed by atoms with Crippen LogP contribution in [-0.2, 0) is 20.1 Å². The summed E-state index contributed by atoms with van der Waals surface area (Å²) >= 11 is 0. The molecule has 3 heterocycles. The zero-order valence-electron chi connectivity index (χ0n) is 19.3. The lowest BCUT2D eigenvalue weighted by Crippen LogP contribution is -2.39. The van der Waals surface area contributed by atoms with Crippen molar-refractivity contribution in [1.82, 2.24) is 23.7 Å². The maximum atomic E-state index is 13.8. The fourth-order valence-corrected chi connectivity index (χ4v) is 3.64. The van der Waals surface area contributed by atoms with Crippen molar-refractivity contribution < 1.29 is 27.8 Å². The summed E-state index contributed by atoms with van der Waals surface area (Å²) < 4.78 is 54.3. The Morgan fingerprint density at radius 2 is 1.86 bits per heavy atom. The summed E-state index contributed by atoms with van der Waals surface area (Å²) in [6.45, 7) is 0.222. The second kappa shape index (κ2) is 9.85. The van der Waals surface area contributed by atoms with Crippen LogP contribution in [0.2, 0.25) is 0 Å². The molecule has 0 spiro atoms. The number of halogens is 3. The Balaban J connectivity index is 1.88. The molecule has 10 nitrogen and oxygen atoms in total. The maximum Gasteiger partial charge on any atom is 0.394 e. The second-order valence-electron chi connectivity index (χ2n) is 8.03. The normalized spacial score (nSPS) is 11.7. The number of fused-ring (bicyclic) bond motifs is 1. The third kappa shape index (κ3) is 5.25. The Hall–Kier alpha value is -4.13. The van der Waals surface area contributed by atoms with Crippen LogP contribution in [0.4, 0.5) is 13.2 Å². The Morgan fingerprint density at radius 3 is 2.56 bits per heavy atom. The Kier molecular flexibility index (Phi) is 6.84. The van der Waals surface area contributed by atoms with Gasteiger partial charge in [0, 0.05) is 39.4 Å². The minimum absolute atomic E-state index is 0.00268. The van der Waals surface area contributed by atoms with E-state index in [1.165, 1.54) is 48.1 Å². The van der Waals surface area contributed by atoms with E-state index in [-0.39, 0.29) is 54.8 Å². The van der Waals surface area contributed by atoms with Gasteiger partial charge in [-0.15, -0.1) is 0 Å². The van der Waals surface area contributed by atoms with Crippen LogP contribution >= 0.6 is 0 Å². The number of pyridine rings is 1. The van der Waals surface area contributed by atoms with E-state index in [9.17, 15) is 22.8 Å². The van der Waals surface area contributed by atoms with Crippen molar-refractivity contribution in [3.63, 3.8) is 0 Å². The summed E-state index contributed by atoms with van der Waals surface area (Å²) in [5.41, 5.74) is -0.975. The van der Waals surface area contributed by atoms with E-state index in [1.807, 2.05) is 0 Å². The van der Waals surface area contributed by atoms with Gasteiger partial charge in [0.15, 0.2) is 11.2 Å². The quantitative estimate of drug-likeness (QED) is 0.372. The fourth-order valence-electron chi connectivity index (χ4n) is 3.64. The number of hydrogen-bond donors (Lipinski definition) is 1. The smallest absolute Gasteiger partial charge is 0.394 e. The van der Waals surface area contributed by atoms with Gasteiger partial charge in [0.05, 0.1) is 12.7 Å². The number of hydrogen-bond acceptors (Lipinski definition) is 7. The number of alkyl halides is 2. The molecule has 190 valence electrons. The van der Waals surface area contributed by atoms with Crippen molar-refractivity contribution in [1.29, 1.82) is 0 Å². The number of aliphatic hydroxyl groups is 1. The van der Waals surface area contributed by atoms with Crippen molar-refractivity contribution in [2.75, 3.05) is 6.61 Å². The first-order valence-electron chi connectivity index (χ1n) is 10.8. The van der Waals surface area contributed by atoms with Crippen molar-refractivity contribution in [2.45, 2.75) is 32.5 Å². The standard InChI is InChI=1S/C23H22F3N5O5/c1-23(25,26)36-17-6-3-5-16(10-17)35-21-28-19-18(31(21)13-14-9-15(24)12-27-11-14)20(33)30(7-4-8-32)22(34)29(19)2/h3,5-6,9-12,32H,4,7-8,13H2,1-2H3. The molecule has 1 aromatic carbocycles. The Bertz CT molecular complexity index is 1520. The Morgan fingerprint density at radius 1 is 1.11 bits per heavy atom. The van der Waals surface area contributed by atoms with Crippen molar-refractivity contribution in [3.05, 3.63) is 74.9 Å². The van der Waals surface area contributed by atoms with Crippen LogP contribution in [0.3, 0.4) is 0 Å². The van der Waals surface area contributed by atoms with Crippen molar-refractivity contribution in [2.24, 2.45) is 7.05 Å². The predicted molar refractivity (Wildman–Crippen MR) is 122 cm³/mol. The molecule has 0 saturated heterocycles. The largest absolute Gasteiger partial charge is 0.433 e. The minimum Gasteiger partial charge on any atom is -0.433 e. The molecule has 0 aliphatic carbocycles. The molecule has 0 bridgehead atoms. The number of nitrogens with zero attached hydrogens (tertiary/aromatic N) is 5. The highest BCUT2D eigenvalue weighted by Crippen LogP contribution is 2.29. The molecular formula is C23H22F3N5O5. The van der Waals surface area contributed by atoms with Gasteiger partial charge in [-0.25, -0.2) is 9.18 Å². The van der Waals surface area contributed by atoms with E-state index in [0.717, 1.165) is 15.3 Å². The number of aliphatic hydroxyl groups excluding tert-OH is 1. The zero-order valence-corrected chi connectivity index (χ0v) is 19.3. The van der Waals surface area contributed by atoms with Crippen LogP contribution in [0.15, 0.2) is 52.3 Å². The SMILES string of the molecule is Cn1c(=O)n(CCCO)c(=O)c2c1nc(Oc1cccc(OC(C)(F)F)c1)n2Cc1cncc(F)c1. The van der Waals surface area contributed by atoms with Crippen molar-refractivity contribution in [3.8, 4) is 17.5 Å². The molecule has 0 radical (unpaired) electrons. The fraction of sp³-hybridized carbons (Fsp3) is 0.304. The van der Waals surface area contributed by atoms with Gasteiger partial charge in [-0.3, -0.25) is 23.5 Å². The highest BCUT2D eigenvalue weighted by atomic mass is 19.3. The van der Waals surface area contributed by atoms with E-state index < -0.39 is 23.2 Å². The van der Waals surface area contributed by atoms with Crippen LogP contribution in [0, 0.1) is 5.82 Å². The number of aromatic nitrogens is 5. The summed E-state index contributed by atoms with van der Waals surface area (Å²) in [6.07, 6.45) is -0.842. The van der Waals surface area contributed by atoms with Gasteiger partial charge in [0.1, 0.15) is 17.3 Å². The van der Waals surface area contributed by atoms with E-state index in [1.54, 1.807) is 0 Å². The van der Waals surface area contributed by atoms with Crippen LogP contribution in [-0.4, -0.2) is 41.5 Å². The van der Waals surface area contributed by atoms with Crippen molar-refractivity contribution >= 4 is 11.2 Å². The number of ether oxygens (including phenoxy) is 2. The predicted octanol–water partition coefficient (Wildman–Crippen LogP) is 2.65. The molecule has 0 amide bonds. The first-order valence-corrected chi connectivity index (χ1v) is 10.8. The molecule has 0 atom stereocenters. The summed E-state index contributed by atoms with van der Waals surface area (Å²) in [4.78, 5) is 34.2. The highest BCUT2D eigenvalue weighted by Gasteiger charge is 2.24. The summed E-state index contributed by atoms with van der Waals surface area (Å²) in [5, 5.41) is 9.17. The molecule has 0 aliphatic rings. The lowest BCUT2D eigenvalue weighted by molar-refractivity contribution is -0.159. The van der Waals surface area contributed by atoms with Gasteiger partial charge in [0.2, 0.25) is 0 Å². The molecule has 4 aromatic rings. The molecule has 0 fully saturated rings. The minimum atomic E-state index is -3.42. The average Bonchev–Trinajstić information content (AvgIpc) is 3.15. The van der Waals surface area contributed by atoms with Gasteiger partial charge >= 0.3 is 17.8 Å². The molecule has 13 heteroatoms. The number of rotatable bonds is 9. The lowest BCUT2D eigenvalue weighted by Gasteiger charge is -2.14. The highest BCUT2D eigenvalue weighted by molar-refractivity contribution is 5.72. The number of aryl methyl sites for hydroxylation is 1. The van der Waals surface area contributed by atoms with Gasteiger partial charge in [-0.05, 0) is 30.2 Å². The van der Waals surface area contributed by atoms with Crippen LogP contribution in [0.1, 0.15) is 18.9 Å². The summed E-state index contributed by atoms with van der Waals surface area (Å²) in [7, 11) is 1.42. The third-order valence-electron chi connectivity index (χ3n) is 5.15. The van der Waals surface area contributed by atoms with Crippen LogP contribution < -0.4 is 20.7 Å². The van der Waals surface area contributed by atoms with E-state index in [4.69, 9.17) is 9.84 Å². The summed E-state index contributed by atoms with van der Waals surface area (Å²) in [6, 6.07) is 6.48. The molecule has 0 aliphatic heterocycles. The molecule has 1 N–H and O–H groups in total. The van der Waals surface area contributed by atoms with E-state index in [0.29, 0.717) is 12.5 Å². The number of benzene rings is 1. The van der Waals surface area contributed by atoms with Crippen LogP contribution in [0.25, 0.3) is 11.2 Å². The van der Waals surface area contributed by atoms with Gasteiger partial charge < -0.3 is 14.6 Å². The molecule has 3 aromatic heterocycles. The second-order valence-corrected chi connectivity index (χ2v) is 8.03. The van der Waals surface area contributed by atoms with Gasteiger partial charge in [0.25, 0.3) is 5.56 Å².